The minimum absolute atomic E-state index is 0.431. The maximum atomic E-state index is 10.1. The second kappa shape index (κ2) is 5.59. The van der Waals surface area contributed by atoms with Gasteiger partial charge in [0, 0.05) is 13.2 Å². The number of benzene rings is 1. The van der Waals surface area contributed by atoms with Gasteiger partial charge in [-0.3, -0.25) is 0 Å². The highest BCUT2D eigenvalue weighted by Gasteiger charge is 2.15. The maximum absolute atomic E-state index is 10.1. The van der Waals surface area contributed by atoms with Crippen molar-refractivity contribution in [2.75, 3.05) is 13.2 Å². The third kappa shape index (κ3) is 2.78. The Bertz CT molecular complexity index is 391. The summed E-state index contributed by atoms with van der Waals surface area (Å²) in [6.45, 7) is 2.13. The van der Waals surface area contributed by atoms with Gasteiger partial charge < -0.3 is 4.74 Å². The maximum Gasteiger partial charge on any atom is 0.235 e. The lowest BCUT2D eigenvalue weighted by Gasteiger charge is -2.22. The normalized spacial score (nSPS) is 16.8. The molecule has 0 radical (unpaired) electrons. The number of ether oxygens (including phenoxy) is 1. The highest BCUT2D eigenvalue weighted by molar-refractivity contribution is 5.34. The van der Waals surface area contributed by atoms with E-state index in [9.17, 15) is 4.79 Å². The average Bonchev–Trinajstić information content (AvgIpc) is 2.38. The molecule has 1 aromatic rings. The Hall–Kier alpha value is -1.44. The van der Waals surface area contributed by atoms with E-state index in [1.807, 2.05) is 12.1 Å². The zero-order chi connectivity index (χ0) is 11.2. The first-order valence-corrected chi connectivity index (χ1v) is 5.60. The molecular formula is C13H15NO2. The zero-order valence-corrected chi connectivity index (χ0v) is 9.19. The second-order valence-corrected chi connectivity index (χ2v) is 4.04. The van der Waals surface area contributed by atoms with Crippen LogP contribution in [0.3, 0.4) is 0 Å². The molecule has 2 rings (SSSR count). The van der Waals surface area contributed by atoms with Crippen molar-refractivity contribution in [1.82, 2.24) is 0 Å². The molecule has 0 aromatic heterocycles. The molecule has 16 heavy (non-hydrogen) atoms. The van der Waals surface area contributed by atoms with Crippen molar-refractivity contribution in [3.05, 3.63) is 35.4 Å². The van der Waals surface area contributed by atoms with E-state index in [1.165, 1.54) is 5.56 Å². The van der Waals surface area contributed by atoms with Crippen LogP contribution in [0.1, 0.15) is 29.9 Å². The second-order valence-electron chi connectivity index (χ2n) is 4.04. The largest absolute Gasteiger partial charge is 0.381 e. The Morgan fingerprint density at radius 3 is 2.94 bits per heavy atom. The lowest BCUT2D eigenvalue weighted by Crippen LogP contribution is -2.14. The molecule has 0 bridgehead atoms. The highest BCUT2D eigenvalue weighted by Crippen LogP contribution is 2.27. The van der Waals surface area contributed by atoms with Gasteiger partial charge in [0.05, 0.1) is 6.54 Å². The van der Waals surface area contributed by atoms with E-state index >= 15 is 0 Å². The molecular weight excluding hydrogens is 202 g/mol. The summed E-state index contributed by atoms with van der Waals surface area (Å²) >= 11 is 0. The first kappa shape index (κ1) is 11.1. The smallest absolute Gasteiger partial charge is 0.235 e. The van der Waals surface area contributed by atoms with Gasteiger partial charge >= 0.3 is 0 Å². The third-order valence-corrected chi connectivity index (χ3v) is 2.97. The summed E-state index contributed by atoms with van der Waals surface area (Å²) in [6.07, 6.45) is 3.74. The standard InChI is InChI=1S/C13H15NO2/c15-10-14-9-11-2-1-3-13(8-11)12-4-6-16-7-5-12/h1-3,8,12H,4-7,9H2. The van der Waals surface area contributed by atoms with Crippen LogP contribution in [0.5, 0.6) is 0 Å². The van der Waals surface area contributed by atoms with Crippen LogP contribution in [0.4, 0.5) is 0 Å². The van der Waals surface area contributed by atoms with E-state index in [1.54, 1.807) is 6.08 Å². The van der Waals surface area contributed by atoms with Crippen molar-refractivity contribution in [3.8, 4) is 0 Å². The minimum Gasteiger partial charge on any atom is -0.381 e. The van der Waals surface area contributed by atoms with Crippen LogP contribution in [0.15, 0.2) is 29.3 Å². The Morgan fingerprint density at radius 1 is 1.38 bits per heavy atom. The molecule has 84 valence electrons. The van der Waals surface area contributed by atoms with Gasteiger partial charge in [0.25, 0.3) is 0 Å². The molecule has 1 aliphatic heterocycles. The quantitative estimate of drug-likeness (QED) is 0.576. The fourth-order valence-corrected chi connectivity index (χ4v) is 2.10. The van der Waals surface area contributed by atoms with Gasteiger partial charge in [-0.05, 0) is 29.9 Å². The Morgan fingerprint density at radius 2 is 2.19 bits per heavy atom. The van der Waals surface area contributed by atoms with Gasteiger partial charge in [-0.25, -0.2) is 9.79 Å². The molecule has 0 N–H and O–H groups in total. The van der Waals surface area contributed by atoms with Crippen molar-refractivity contribution in [2.24, 2.45) is 4.99 Å². The summed E-state index contributed by atoms with van der Waals surface area (Å²) in [7, 11) is 0. The van der Waals surface area contributed by atoms with E-state index in [0.717, 1.165) is 31.6 Å². The summed E-state index contributed by atoms with van der Waals surface area (Å²) in [6, 6.07) is 8.30. The van der Waals surface area contributed by atoms with Gasteiger partial charge in [0.1, 0.15) is 0 Å². The van der Waals surface area contributed by atoms with Crippen molar-refractivity contribution < 1.29 is 9.53 Å². The molecule has 0 unspecified atom stereocenters. The Labute approximate surface area is 95.2 Å². The van der Waals surface area contributed by atoms with Crippen LogP contribution < -0.4 is 0 Å². The molecule has 0 atom stereocenters. The van der Waals surface area contributed by atoms with E-state index in [4.69, 9.17) is 4.74 Å². The van der Waals surface area contributed by atoms with Crippen LogP contribution in [-0.2, 0) is 16.1 Å². The number of hydrogen-bond acceptors (Lipinski definition) is 3. The first-order valence-electron chi connectivity index (χ1n) is 5.60. The molecule has 0 amide bonds. The van der Waals surface area contributed by atoms with Gasteiger partial charge in [-0.1, -0.05) is 24.3 Å². The molecule has 1 aromatic carbocycles. The average molecular weight is 217 g/mol. The SMILES string of the molecule is O=C=NCc1cccc(C2CCOCC2)c1. The van der Waals surface area contributed by atoms with Crippen LogP contribution in [-0.4, -0.2) is 19.3 Å². The molecule has 3 heteroatoms. The van der Waals surface area contributed by atoms with E-state index in [0.29, 0.717) is 12.5 Å². The van der Waals surface area contributed by atoms with E-state index in [-0.39, 0.29) is 0 Å². The number of isocyanates is 1. The van der Waals surface area contributed by atoms with Crippen LogP contribution in [0.25, 0.3) is 0 Å². The van der Waals surface area contributed by atoms with Crippen molar-refractivity contribution in [3.63, 3.8) is 0 Å². The number of rotatable bonds is 3. The summed E-state index contributed by atoms with van der Waals surface area (Å²) in [5.74, 6) is 0.592. The van der Waals surface area contributed by atoms with Crippen molar-refractivity contribution >= 4 is 6.08 Å². The number of hydrogen-bond donors (Lipinski definition) is 0. The lowest BCUT2D eigenvalue weighted by molar-refractivity contribution is 0.0853. The zero-order valence-electron chi connectivity index (χ0n) is 9.19. The predicted molar refractivity (Wildman–Crippen MR) is 61.1 cm³/mol. The lowest BCUT2D eigenvalue weighted by atomic mass is 9.91. The predicted octanol–water partition coefficient (Wildman–Crippen LogP) is 2.42. The van der Waals surface area contributed by atoms with Crippen molar-refractivity contribution in [2.45, 2.75) is 25.3 Å². The number of carbonyl (C=O) groups excluding carboxylic acids is 1. The Balaban J connectivity index is 2.10. The molecule has 1 fully saturated rings. The van der Waals surface area contributed by atoms with E-state index < -0.39 is 0 Å². The Kier molecular flexibility index (Phi) is 3.86. The molecule has 0 saturated carbocycles. The molecule has 1 heterocycles. The summed E-state index contributed by atoms with van der Waals surface area (Å²) in [5, 5.41) is 0. The molecule has 1 aliphatic rings. The topological polar surface area (TPSA) is 38.7 Å². The van der Waals surface area contributed by atoms with Crippen molar-refractivity contribution in [1.29, 1.82) is 0 Å². The van der Waals surface area contributed by atoms with Gasteiger partial charge in [0.2, 0.25) is 6.08 Å². The van der Waals surface area contributed by atoms with Gasteiger partial charge in [-0.15, -0.1) is 0 Å². The molecule has 0 spiro atoms. The summed E-state index contributed by atoms with van der Waals surface area (Å²) in [4.78, 5) is 13.7. The van der Waals surface area contributed by atoms with E-state index in [2.05, 4.69) is 17.1 Å². The highest BCUT2D eigenvalue weighted by atomic mass is 16.5. The van der Waals surface area contributed by atoms with Gasteiger partial charge in [0.15, 0.2) is 0 Å². The fourth-order valence-electron chi connectivity index (χ4n) is 2.10. The number of nitrogens with zero attached hydrogens (tertiary/aromatic N) is 1. The molecule has 1 saturated heterocycles. The van der Waals surface area contributed by atoms with Crippen LogP contribution in [0, 0.1) is 0 Å². The molecule has 3 nitrogen and oxygen atoms in total. The van der Waals surface area contributed by atoms with Crippen LogP contribution in [0.2, 0.25) is 0 Å². The van der Waals surface area contributed by atoms with Gasteiger partial charge in [-0.2, -0.15) is 0 Å². The number of aliphatic imine (C=N–C) groups is 1. The summed E-state index contributed by atoms with van der Waals surface area (Å²) < 4.78 is 5.35. The fraction of sp³-hybridized carbons (Fsp3) is 0.462. The minimum atomic E-state index is 0.431. The first-order chi connectivity index (χ1) is 7.90. The third-order valence-electron chi connectivity index (χ3n) is 2.97. The van der Waals surface area contributed by atoms with Crippen LogP contribution >= 0.6 is 0 Å². The monoisotopic (exact) mass is 217 g/mol. The summed E-state index contributed by atoms with van der Waals surface area (Å²) in [5.41, 5.74) is 2.41. The molecule has 0 aliphatic carbocycles.